The normalized spacial score (nSPS) is 13.2. The summed E-state index contributed by atoms with van der Waals surface area (Å²) in [6.45, 7) is 10.9. The highest BCUT2D eigenvalue weighted by Crippen LogP contribution is 2.13. The highest BCUT2D eigenvalue weighted by atomic mass is 32.1. The van der Waals surface area contributed by atoms with Gasteiger partial charge in [-0.1, -0.05) is 68.4 Å². The molecule has 2 atom stereocenters. The van der Waals surface area contributed by atoms with E-state index in [0.717, 1.165) is 37.1 Å². The average Bonchev–Trinajstić information content (AvgIpc) is 3.40. The predicted molar refractivity (Wildman–Crippen MR) is 161 cm³/mol. The summed E-state index contributed by atoms with van der Waals surface area (Å²) in [6, 6.07) is 17.7. The lowest BCUT2D eigenvalue weighted by molar-refractivity contribution is -0.130. The number of amides is 2. The Balaban J connectivity index is 1.70. The van der Waals surface area contributed by atoms with E-state index in [1.807, 2.05) is 32.2 Å². The molecule has 0 saturated heterocycles. The van der Waals surface area contributed by atoms with Crippen molar-refractivity contribution in [3.8, 4) is 0 Å². The molecule has 39 heavy (non-hydrogen) atoms. The molecule has 0 aliphatic carbocycles. The summed E-state index contributed by atoms with van der Waals surface area (Å²) < 4.78 is 0. The summed E-state index contributed by atoms with van der Waals surface area (Å²) in [7, 11) is 0. The lowest BCUT2D eigenvalue weighted by Crippen LogP contribution is -2.56. The number of thiazole rings is 1. The van der Waals surface area contributed by atoms with Crippen LogP contribution in [0.25, 0.3) is 0 Å². The molecule has 1 heterocycles. The molecular weight excluding hydrogens is 504 g/mol. The van der Waals surface area contributed by atoms with Crippen LogP contribution in [0.2, 0.25) is 0 Å². The molecular formula is C32H44N4O2S. The lowest BCUT2D eigenvalue weighted by atomic mass is 9.99. The number of nitrogens with zero attached hydrogens (tertiary/aromatic N) is 1. The van der Waals surface area contributed by atoms with Crippen molar-refractivity contribution in [2.24, 2.45) is 5.92 Å². The number of aryl methyl sites for hydroxylation is 2. The Bertz CT molecular complexity index is 1140. The lowest BCUT2D eigenvalue weighted by Gasteiger charge is -2.27. The van der Waals surface area contributed by atoms with E-state index in [1.165, 1.54) is 22.5 Å². The highest BCUT2D eigenvalue weighted by Gasteiger charge is 2.28. The van der Waals surface area contributed by atoms with Crippen LogP contribution in [-0.4, -0.2) is 41.0 Å². The van der Waals surface area contributed by atoms with Crippen LogP contribution in [-0.2, 0) is 35.3 Å². The largest absolute Gasteiger partial charge is 0.350 e. The first kappa shape index (κ1) is 30.5. The first-order valence-electron chi connectivity index (χ1n) is 13.9. The highest BCUT2D eigenvalue weighted by molar-refractivity contribution is 7.07. The number of benzene rings is 2. The van der Waals surface area contributed by atoms with Gasteiger partial charge in [-0.15, -0.1) is 11.3 Å². The Morgan fingerprint density at radius 2 is 1.49 bits per heavy atom. The van der Waals surface area contributed by atoms with Gasteiger partial charge in [0.1, 0.15) is 6.04 Å². The van der Waals surface area contributed by atoms with Crippen molar-refractivity contribution in [3.05, 3.63) is 87.9 Å². The van der Waals surface area contributed by atoms with Crippen LogP contribution in [0.1, 0.15) is 63.4 Å². The third kappa shape index (κ3) is 11.3. The molecule has 0 radical (unpaired) electrons. The summed E-state index contributed by atoms with van der Waals surface area (Å²) >= 11 is 1.52. The van der Waals surface area contributed by atoms with E-state index < -0.39 is 17.6 Å². The number of aromatic nitrogens is 1. The third-order valence-corrected chi connectivity index (χ3v) is 7.10. The van der Waals surface area contributed by atoms with Crippen molar-refractivity contribution in [1.29, 1.82) is 0 Å². The Morgan fingerprint density at radius 3 is 2.08 bits per heavy atom. The van der Waals surface area contributed by atoms with Gasteiger partial charge in [-0.05, 0) is 69.2 Å². The number of carbonyl (C=O) groups is 2. The zero-order valence-electron chi connectivity index (χ0n) is 24.0. The molecule has 0 saturated carbocycles. The van der Waals surface area contributed by atoms with Crippen LogP contribution in [0.4, 0.5) is 0 Å². The maximum atomic E-state index is 13.5. The molecule has 0 aliphatic heterocycles. The standard InChI is InChI=1S/C32H44N4O2S/c1-23(2)17-18-33-28(20-27-21-39-22-34-27)30(37)35-29(31(38)36-32(3,4)5)19-26-15-13-25(14-16-26)12-11-24-9-7-6-8-10-24/h6-10,13-16,21-23,28-29,33H,11-12,17-20H2,1-5H3,(H,35,37)(H,36,38). The number of hydrogen-bond donors (Lipinski definition) is 3. The molecule has 3 N–H and O–H groups in total. The van der Waals surface area contributed by atoms with Crippen LogP contribution < -0.4 is 16.0 Å². The van der Waals surface area contributed by atoms with E-state index in [-0.39, 0.29) is 11.8 Å². The van der Waals surface area contributed by atoms with Crippen molar-refractivity contribution in [1.82, 2.24) is 20.9 Å². The molecule has 0 spiro atoms. The van der Waals surface area contributed by atoms with E-state index in [1.54, 1.807) is 5.51 Å². The fourth-order valence-electron chi connectivity index (χ4n) is 4.30. The minimum Gasteiger partial charge on any atom is -0.350 e. The van der Waals surface area contributed by atoms with E-state index in [0.29, 0.717) is 18.8 Å². The quantitative estimate of drug-likeness (QED) is 0.261. The molecule has 2 unspecified atom stereocenters. The second kappa shape index (κ2) is 14.9. The van der Waals surface area contributed by atoms with Crippen molar-refractivity contribution in [3.63, 3.8) is 0 Å². The SMILES string of the molecule is CC(C)CCNC(Cc1cscn1)C(=O)NC(Cc1ccc(CCc2ccccc2)cc1)C(=O)NC(C)(C)C. The Morgan fingerprint density at radius 1 is 0.846 bits per heavy atom. The molecule has 2 amide bonds. The van der Waals surface area contributed by atoms with Crippen molar-refractivity contribution < 1.29 is 9.59 Å². The van der Waals surface area contributed by atoms with Gasteiger partial charge in [0.15, 0.2) is 0 Å². The molecule has 1 aromatic heterocycles. The fourth-order valence-corrected chi connectivity index (χ4v) is 4.87. The average molecular weight is 549 g/mol. The van der Waals surface area contributed by atoms with Gasteiger partial charge in [0.05, 0.1) is 17.2 Å². The second-order valence-corrected chi connectivity index (χ2v) is 12.4. The summed E-state index contributed by atoms with van der Waals surface area (Å²) in [4.78, 5) is 31.2. The van der Waals surface area contributed by atoms with Gasteiger partial charge in [0.25, 0.3) is 0 Å². The number of hydrogen-bond acceptors (Lipinski definition) is 5. The Kier molecular flexibility index (Phi) is 11.7. The minimum absolute atomic E-state index is 0.180. The Hall–Kier alpha value is -3.03. The predicted octanol–water partition coefficient (Wildman–Crippen LogP) is 5.12. The molecule has 6 nitrogen and oxygen atoms in total. The van der Waals surface area contributed by atoms with Gasteiger partial charge < -0.3 is 16.0 Å². The minimum atomic E-state index is -0.684. The first-order valence-corrected chi connectivity index (χ1v) is 14.9. The van der Waals surface area contributed by atoms with Crippen molar-refractivity contribution in [2.45, 2.75) is 84.3 Å². The van der Waals surface area contributed by atoms with Gasteiger partial charge in [0.2, 0.25) is 11.8 Å². The zero-order chi connectivity index (χ0) is 28.3. The molecule has 3 rings (SSSR count). The van der Waals surface area contributed by atoms with Crippen LogP contribution in [0.3, 0.4) is 0 Å². The molecule has 210 valence electrons. The monoisotopic (exact) mass is 548 g/mol. The number of nitrogens with one attached hydrogen (secondary N) is 3. The maximum absolute atomic E-state index is 13.5. The zero-order valence-corrected chi connectivity index (χ0v) is 24.8. The topological polar surface area (TPSA) is 83.1 Å². The summed E-state index contributed by atoms with van der Waals surface area (Å²) in [6.07, 6.45) is 3.80. The second-order valence-electron chi connectivity index (χ2n) is 11.7. The van der Waals surface area contributed by atoms with E-state index in [9.17, 15) is 9.59 Å². The summed E-state index contributed by atoms with van der Waals surface area (Å²) in [5, 5.41) is 11.5. The molecule has 0 fully saturated rings. The molecule has 2 aromatic carbocycles. The van der Waals surface area contributed by atoms with Crippen molar-refractivity contribution in [2.75, 3.05) is 6.54 Å². The summed E-state index contributed by atoms with van der Waals surface area (Å²) in [5.74, 6) is 0.167. The molecule has 0 aliphatic rings. The number of carbonyl (C=O) groups excluding carboxylic acids is 2. The van der Waals surface area contributed by atoms with Gasteiger partial charge in [0, 0.05) is 23.8 Å². The van der Waals surface area contributed by atoms with E-state index in [4.69, 9.17) is 0 Å². The molecule has 0 bridgehead atoms. The maximum Gasteiger partial charge on any atom is 0.243 e. The number of rotatable bonds is 14. The Labute approximate surface area is 238 Å². The van der Waals surface area contributed by atoms with Gasteiger partial charge in [-0.2, -0.15) is 0 Å². The van der Waals surface area contributed by atoms with Gasteiger partial charge in [-0.3, -0.25) is 9.59 Å². The van der Waals surface area contributed by atoms with Gasteiger partial charge in [-0.25, -0.2) is 4.98 Å². The molecule has 3 aromatic rings. The third-order valence-electron chi connectivity index (χ3n) is 6.46. The smallest absolute Gasteiger partial charge is 0.243 e. The van der Waals surface area contributed by atoms with Crippen LogP contribution >= 0.6 is 11.3 Å². The fraction of sp³-hybridized carbons (Fsp3) is 0.469. The van der Waals surface area contributed by atoms with Crippen LogP contribution in [0, 0.1) is 5.92 Å². The first-order chi connectivity index (χ1) is 18.6. The van der Waals surface area contributed by atoms with Crippen LogP contribution in [0.15, 0.2) is 65.5 Å². The summed E-state index contributed by atoms with van der Waals surface area (Å²) in [5.41, 5.74) is 5.83. The van der Waals surface area contributed by atoms with Crippen molar-refractivity contribution >= 4 is 23.2 Å². The van der Waals surface area contributed by atoms with E-state index >= 15 is 0 Å². The van der Waals surface area contributed by atoms with Gasteiger partial charge >= 0.3 is 0 Å². The van der Waals surface area contributed by atoms with Crippen LogP contribution in [0.5, 0.6) is 0 Å². The van der Waals surface area contributed by atoms with E-state index in [2.05, 4.69) is 83.3 Å². The molecule has 7 heteroatoms.